The van der Waals surface area contributed by atoms with Crippen LogP contribution in [-0.4, -0.2) is 31.3 Å². The van der Waals surface area contributed by atoms with Crippen molar-refractivity contribution in [3.8, 4) is 11.5 Å². The van der Waals surface area contributed by atoms with E-state index in [0.717, 1.165) is 16.7 Å². The second-order valence-electron chi connectivity index (χ2n) is 7.21. The summed E-state index contributed by atoms with van der Waals surface area (Å²) in [6, 6.07) is 10.9. The van der Waals surface area contributed by atoms with Gasteiger partial charge in [0.2, 0.25) is 0 Å². The maximum Gasteiger partial charge on any atom is 0.272 e. The Kier molecular flexibility index (Phi) is 6.03. The summed E-state index contributed by atoms with van der Waals surface area (Å²) in [7, 11) is 3.07. The number of nitrogens with zero attached hydrogens (tertiary/aromatic N) is 1. The fourth-order valence-corrected chi connectivity index (χ4v) is 4.32. The number of aryl methyl sites for hydroxylation is 2. The first kappa shape index (κ1) is 21.0. The molecule has 5 nitrogen and oxygen atoms in total. The number of anilines is 1. The summed E-state index contributed by atoms with van der Waals surface area (Å²) in [6.07, 6.45) is 0. The maximum atomic E-state index is 13.5. The average molecular weight is 412 g/mol. The highest BCUT2D eigenvalue weighted by molar-refractivity contribution is 8.04. The van der Waals surface area contributed by atoms with Gasteiger partial charge in [-0.15, -0.1) is 11.8 Å². The number of ether oxygens (including phenoxy) is 2. The van der Waals surface area contributed by atoms with E-state index < -0.39 is 0 Å². The lowest BCUT2D eigenvalue weighted by Crippen LogP contribution is -2.31. The molecule has 0 saturated heterocycles. The molecule has 152 valence electrons. The molecule has 1 heterocycles. The second-order valence-corrected chi connectivity index (χ2v) is 8.79. The van der Waals surface area contributed by atoms with Crippen LogP contribution >= 0.6 is 11.8 Å². The van der Waals surface area contributed by atoms with Crippen molar-refractivity contribution in [2.24, 2.45) is 0 Å². The molecule has 0 unspecified atom stereocenters. The Morgan fingerprint density at radius 3 is 2.03 bits per heavy atom. The molecule has 0 aromatic heterocycles. The molecule has 2 aromatic carbocycles. The number of benzene rings is 2. The number of imide groups is 1. The van der Waals surface area contributed by atoms with Crippen LogP contribution in [0, 0.1) is 13.8 Å². The molecule has 6 heteroatoms. The Morgan fingerprint density at radius 2 is 1.52 bits per heavy atom. The standard InChI is InChI=1S/C23H25NO4S/c1-13(2)29-21-20(19-8-7-14(3)9-15(19)4)22(25)24(23(21)26)16-10-17(27-5)12-18(11-16)28-6/h7-13H,1-6H3. The number of carbonyl (C=O) groups is 2. The summed E-state index contributed by atoms with van der Waals surface area (Å²) in [5.41, 5.74) is 3.74. The molecule has 29 heavy (non-hydrogen) atoms. The number of thioether (sulfide) groups is 1. The second kappa shape index (κ2) is 8.33. The smallest absolute Gasteiger partial charge is 0.272 e. The highest BCUT2D eigenvalue weighted by Crippen LogP contribution is 2.42. The third-order valence-electron chi connectivity index (χ3n) is 4.64. The summed E-state index contributed by atoms with van der Waals surface area (Å²) in [6.45, 7) is 7.98. The number of methoxy groups -OCH3 is 2. The molecule has 1 aliphatic rings. The number of amides is 2. The van der Waals surface area contributed by atoms with E-state index in [1.54, 1.807) is 18.2 Å². The zero-order chi connectivity index (χ0) is 21.3. The van der Waals surface area contributed by atoms with Gasteiger partial charge in [-0.25, -0.2) is 4.90 Å². The molecule has 0 spiro atoms. The van der Waals surface area contributed by atoms with Gasteiger partial charge in [0, 0.05) is 23.4 Å². The van der Waals surface area contributed by atoms with Gasteiger partial charge in [0.25, 0.3) is 11.8 Å². The van der Waals surface area contributed by atoms with Crippen LogP contribution in [0.4, 0.5) is 5.69 Å². The fraction of sp³-hybridized carbons (Fsp3) is 0.304. The SMILES string of the molecule is COc1cc(OC)cc(N2C(=O)C(SC(C)C)=C(c3ccc(C)cc3C)C2=O)c1. The van der Waals surface area contributed by atoms with Crippen molar-refractivity contribution >= 4 is 34.8 Å². The van der Waals surface area contributed by atoms with Crippen LogP contribution in [0.15, 0.2) is 41.3 Å². The number of hydrogen-bond donors (Lipinski definition) is 0. The zero-order valence-corrected chi connectivity index (χ0v) is 18.3. The summed E-state index contributed by atoms with van der Waals surface area (Å²) in [5.74, 6) is 0.371. The van der Waals surface area contributed by atoms with Crippen LogP contribution in [0.5, 0.6) is 11.5 Å². The van der Waals surface area contributed by atoms with Gasteiger partial charge in [-0.2, -0.15) is 0 Å². The molecule has 0 aliphatic carbocycles. The minimum absolute atomic E-state index is 0.155. The van der Waals surface area contributed by atoms with Crippen LogP contribution in [0.1, 0.15) is 30.5 Å². The van der Waals surface area contributed by atoms with E-state index in [2.05, 4.69) is 0 Å². The normalized spacial score (nSPS) is 14.2. The number of hydrogen-bond acceptors (Lipinski definition) is 5. The van der Waals surface area contributed by atoms with Crippen molar-refractivity contribution in [3.63, 3.8) is 0 Å². The van der Waals surface area contributed by atoms with Crippen LogP contribution in [-0.2, 0) is 9.59 Å². The first-order valence-electron chi connectivity index (χ1n) is 9.37. The monoisotopic (exact) mass is 411 g/mol. The quantitative estimate of drug-likeness (QED) is 0.642. The van der Waals surface area contributed by atoms with E-state index >= 15 is 0 Å². The van der Waals surface area contributed by atoms with Crippen molar-refractivity contribution in [1.29, 1.82) is 0 Å². The van der Waals surface area contributed by atoms with E-state index in [4.69, 9.17) is 9.47 Å². The molecule has 0 radical (unpaired) electrons. The Bertz CT molecular complexity index is 988. The summed E-state index contributed by atoms with van der Waals surface area (Å²) < 4.78 is 10.6. The van der Waals surface area contributed by atoms with Gasteiger partial charge in [0.15, 0.2) is 0 Å². The zero-order valence-electron chi connectivity index (χ0n) is 17.5. The fourth-order valence-electron chi connectivity index (χ4n) is 3.34. The Balaban J connectivity index is 2.16. The van der Waals surface area contributed by atoms with E-state index in [1.807, 2.05) is 45.9 Å². The van der Waals surface area contributed by atoms with Gasteiger partial charge < -0.3 is 9.47 Å². The summed E-state index contributed by atoms with van der Waals surface area (Å²) >= 11 is 1.41. The lowest BCUT2D eigenvalue weighted by Gasteiger charge is -2.17. The molecule has 0 bridgehead atoms. The molecule has 0 fully saturated rings. The lowest BCUT2D eigenvalue weighted by atomic mass is 9.99. The van der Waals surface area contributed by atoms with E-state index in [1.165, 1.54) is 30.9 Å². The lowest BCUT2D eigenvalue weighted by molar-refractivity contribution is -0.119. The van der Waals surface area contributed by atoms with Gasteiger partial charge in [-0.05, 0) is 25.0 Å². The molecular weight excluding hydrogens is 386 g/mol. The third kappa shape index (κ3) is 4.03. The molecule has 3 rings (SSSR count). The first-order valence-corrected chi connectivity index (χ1v) is 10.2. The number of rotatable bonds is 6. The molecule has 0 atom stereocenters. The molecular formula is C23H25NO4S. The van der Waals surface area contributed by atoms with Crippen LogP contribution in [0.2, 0.25) is 0 Å². The summed E-state index contributed by atoms with van der Waals surface area (Å²) in [5, 5.41) is 0.155. The molecule has 1 aliphatic heterocycles. The van der Waals surface area contributed by atoms with Crippen LogP contribution in [0.25, 0.3) is 5.57 Å². The van der Waals surface area contributed by atoms with Crippen molar-refractivity contribution in [3.05, 3.63) is 58.0 Å². The van der Waals surface area contributed by atoms with Crippen molar-refractivity contribution in [2.75, 3.05) is 19.1 Å². The van der Waals surface area contributed by atoms with Crippen molar-refractivity contribution < 1.29 is 19.1 Å². The van der Waals surface area contributed by atoms with Crippen LogP contribution in [0.3, 0.4) is 0 Å². The third-order valence-corrected chi connectivity index (χ3v) is 5.73. The minimum atomic E-state index is -0.333. The van der Waals surface area contributed by atoms with Gasteiger partial charge in [0.05, 0.1) is 30.4 Å². The minimum Gasteiger partial charge on any atom is -0.497 e. The van der Waals surface area contributed by atoms with Gasteiger partial charge in [0.1, 0.15) is 11.5 Å². The van der Waals surface area contributed by atoms with Crippen molar-refractivity contribution in [1.82, 2.24) is 0 Å². The Morgan fingerprint density at radius 1 is 0.897 bits per heavy atom. The van der Waals surface area contributed by atoms with Crippen LogP contribution < -0.4 is 14.4 Å². The van der Waals surface area contributed by atoms with E-state index in [-0.39, 0.29) is 17.1 Å². The van der Waals surface area contributed by atoms with Gasteiger partial charge in [-0.3, -0.25) is 9.59 Å². The first-order chi connectivity index (χ1) is 13.8. The largest absolute Gasteiger partial charge is 0.497 e. The molecule has 2 aromatic rings. The number of carbonyl (C=O) groups excluding carboxylic acids is 2. The Labute approximate surface area is 175 Å². The maximum absolute atomic E-state index is 13.5. The topological polar surface area (TPSA) is 55.8 Å². The molecule has 2 amide bonds. The van der Waals surface area contributed by atoms with E-state index in [0.29, 0.717) is 27.7 Å². The van der Waals surface area contributed by atoms with E-state index in [9.17, 15) is 9.59 Å². The highest BCUT2D eigenvalue weighted by atomic mass is 32.2. The predicted molar refractivity (Wildman–Crippen MR) is 118 cm³/mol. The van der Waals surface area contributed by atoms with Gasteiger partial charge >= 0.3 is 0 Å². The van der Waals surface area contributed by atoms with Gasteiger partial charge in [-0.1, -0.05) is 37.6 Å². The Hall–Kier alpha value is -2.73. The predicted octanol–water partition coefficient (Wildman–Crippen LogP) is 4.75. The highest BCUT2D eigenvalue weighted by Gasteiger charge is 2.41. The molecule has 0 N–H and O–H groups in total. The average Bonchev–Trinajstić information content (AvgIpc) is 2.91. The summed E-state index contributed by atoms with van der Waals surface area (Å²) in [4.78, 5) is 28.5. The van der Waals surface area contributed by atoms with Crippen molar-refractivity contribution in [2.45, 2.75) is 32.9 Å². The molecule has 0 saturated carbocycles.